The van der Waals surface area contributed by atoms with Crippen LogP contribution in [0.5, 0.6) is 0 Å². The van der Waals surface area contributed by atoms with Crippen LogP contribution in [0.15, 0.2) is 0 Å². The number of hydrogen-bond acceptors (Lipinski definition) is 4. The second kappa shape index (κ2) is 7.77. The zero-order valence-electron chi connectivity index (χ0n) is 16.6. The number of carbonyl (C=O) groups excluding carboxylic acids is 1. The van der Waals surface area contributed by atoms with Gasteiger partial charge in [-0.25, -0.2) is 9.59 Å². The predicted octanol–water partition coefficient (Wildman–Crippen LogP) is 4.90. The second-order valence-electron chi connectivity index (χ2n) is 7.48. The predicted molar refractivity (Wildman–Crippen MR) is 102 cm³/mol. The molecule has 5 nitrogen and oxygen atoms in total. The van der Waals surface area contributed by atoms with Crippen LogP contribution < -0.4 is 0 Å². The van der Waals surface area contributed by atoms with Gasteiger partial charge in [-0.05, 0) is 65.0 Å². The molecule has 6 heteroatoms. The first-order valence-corrected chi connectivity index (χ1v) is 9.57. The number of thiophene rings is 1. The summed E-state index contributed by atoms with van der Waals surface area (Å²) in [5.74, 6) is -0.871. The van der Waals surface area contributed by atoms with E-state index < -0.39 is 11.6 Å². The van der Waals surface area contributed by atoms with Gasteiger partial charge in [0.2, 0.25) is 0 Å². The monoisotopic (exact) mass is 369 g/mol. The number of likely N-dealkylation sites (N-methyl/N-ethyl adjacent to an activating group) is 1. The molecule has 2 rings (SSSR count). The SMILES string of the molecule is CC.Cc1c(C(=O)O)sc2c1CC(C)(N(C)C(=O)OC(C)(C)C)CC2. The highest BCUT2D eigenvalue weighted by Crippen LogP contribution is 2.40. The van der Waals surface area contributed by atoms with Crippen molar-refractivity contribution in [3.05, 3.63) is 20.9 Å². The molecule has 1 unspecified atom stereocenters. The Morgan fingerprint density at radius 3 is 2.32 bits per heavy atom. The van der Waals surface area contributed by atoms with E-state index in [2.05, 4.69) is 0 Å². The number of amides is 1. The molecule has 1 N–H and O–H groups in total. The molecule has 0 spiro atoms. The summed E-state index contributed by atoms with van der Waals surface area (Å²) in [5.41, 5.74) is 1.02. The average molecular weight is 370 g/mol. The number of carboxylic acids is 1. The van der Waals surface area contributed by atoms with Gasteiger partial charge in [0.05, 0.1) is 0 Å². The van der Waals surface area contributed by atoms with E-state index in [9.17, 15) is 14.7 Å². The van der Waals surface area contributed by atoms with Gasteiger partial charge in [0.25, 0.3) is 0 Å². The summed E-state index contributed by atoms with van der Waals surface area (Å²) in [6.07, 6.45) is 1.91. The molecule has 0 radical (unpaired) electrons. The van der Waals surface area contributed by atoms with Gasteiger partial charge in [-0.15, -0.1) is 11.3 Å². The van der Waals surface area contributed by atoms with Crippen molar-refractivity contribution in [1.82, 2.24) is 4.90 Å². The lowest BCUT2D eigenvalue weighted by Crippen LogP contribution is -2.52. The van der Waals surface area contributed by atoms with E-state index >= 15 is 0 Å². The fourth-order valence-electron chi connectivity index (χ4n) is 2.93. The summed E-state index contributed by atoms with van der Waals surface area (Å²) in [4.78, 5) is 26.9. The van der Waals surface area contributed by atoms with E-state index in [4.69, 9.17) is 4.74 Å². The van der Waals surface area contributed by atoms with E-state index in [0.29, 0.717) is 11.3 Å². The minimum atomic E-state index is -0.871. The minimum absolute atomic E-state index is 0.338. The number of carbonyl (C=O) groups is 2. The third-order valence-electron chi connectivity index (χ3n) is 4.47. The Balaban J connectivity index is 0.00000151. The molecular formula is C19H31NO4S. The van der Waals surface area contributed by atoms with Crippen LogP contribution in [0.3, 0.4) is 0 Å². The number of aryl methyl sites for hydroxylation is 1. The molecular weight excluding hydrogens is 338 g/mol. The molecule has 1 heterocycles. The molecule has 1 aromatic heterocycles. The highest BCUT2D eigenvalue weighted by Gasteiger charge is 2.40. The molecule has 1 aliphatic rings. The number of aromatic carboxylic acids is 1. The lowest BCUT2D eigenvalue weighted by Gasteiger charge is -2.42. The third kappa shape index (κ3) is 4.75. The first-order chi connectivity index (χ1) is 11.4. The van der Waals surface area contributed by atoms with E-state index in [1.165, 1.54) is 11.3 Å². The lowest BCUT2D eigenvalue weighted by atomic mass is 9.80. The maximum Gasteiger partial charge on any atom is 0.410 e. The summed E-state index contributed by atoms with van der Waals surface area (Å²) in [7, 11) is 1.76. The summed E-state index contributed by atoms with van der Waals surface area (Å²) < 4.78 is 5.48. The number of ether oxygens (including phenoxy) is 1. The van der Waals surface area contributed by atoms with Crippen LogP contribution >= 0.6 is 11.3 Å². The van der Waals surface area contributed by atoms with Gasteiger partial charge in [-0.3, -0.25) is 0 Å². The van der Waals surface area contributed by atoms with Crippen LogP contribution in [-0.2, 0) is 17.6 Å². The van der Waals surface area contributed by atoms with Gasteiger partial charge in [0.15, 0.2) is 0 Å². The largest absolute Gasteiger partial charge is 0.477 e. The molecule has 0 bridgehead atoms. The molecule has 1 amide bonds. The fraction of sp³-hybridized carbons (Fsp3) is 0.684. The third-order valence-corrected chi connectivity index (χ3v) is 5.86. The summed E-state index contributed by atoms with van der Waals surface area (Å²) in [6.45, 7) is 13.4. The molecule has 1 atom stereocenters. The van der Waals surface area contributed by atoms with Crippen molar-refractivity contribution in [2.45, 2.75) is 78.9 Å². The Hall–Kier alpha value is -1.56. The smallest absolute Gasteiger partial charge is 0.410 e. The van der Waals surface area contributed by atoms with Crippen LogP contribution in [0, 0.1) is 6.92 Å². The Labute approximate surface area is 155 Å². The van der Waals surface area contributed by atoms with Crippen molar-refractivity contribution in [3.8, 4) is 0 Å². The molecule has 0 aliphatic heterocycles. The van der Waals surface area contributed by atoms with Crippen LogP contribution in [0.2, 0.25) is 0 Å². The Morgan fingerprint density at radius 1 is 1.28 bits per heavy atom. The molecule has 1 aromatic rings. The van der Waals surface area contributed by atoms with Crippen LogP contribution in [0.4, 0.5) is 4.79 Å². The van der Waals surface area contributed by atoms with Crippen molar-refractivity contribution in [2.24, 2.45) is 0 Å². The number of hydrogen-bond donors (Lipinski definition) is 1. The quantitative estimate of drug-likeness (QED) is 0.805. The van der Waals surface area contributed by atoms with Crippen molar-refractivity contribution < 1.29 is 19.4 Å². The molecule has 0 fully saturated rings. The van der Waals surface area contributed by atoms with Gasteiger partial charge in [0.1, 0.15) is 10.5 Å². The van der Waals surface area contributed by atoms with E-state index in [1.807, 2.05) is 48.5 Å². The van der Waals surface area contributed by atoms with Crippen molar-refractivity contribution in [1.29, 1.82) is 0 Å². The normalized spacial score (nSPS) is 19.4. The lowest BCUT2D eigenvalue weighted by molar-refractivity contribution is 0.00556. The van der Waals surface area contributed by atoms with Gasteiger partial charge in [0, 0.05) is 17.5 Å². The highest BCUT2D eigenvalue weighted by molar-refractivity contribution is 7.14. The van der Waals surface area contributed by atoms with Crippen molar-refractivity contribution >= 4 is 23.4 Å². The fourth-order valence-corrected chi connectivity index (χ4v) is 4.10. The molecule has 1 aliphatic carbocycles. The Morgan fingerprint density at radius 2 is 1.84 bits per heavy atom. The van der Waals surface area contributed by atoms with Gasteiger partial charge in [-0.2, -0.15) is 0 Å². The first kappa shape index (κ1) is 21.5. The molecule has 0 aromatic carbocycles. The van der Waals surface area contributed by atoms with Crippen molar-refractivity contribution in [2.75, 3.05) is 7.05 Å². The summed E-state index contributed by atoms with van der Waals surface area (Å²) in [5, 5.41) is 9.30. The first-order valence-electron chi connectivity index (χ1n) is 8.76. The van der Waals surface area contributed by atoms with E-state index in [1.54, 1.807) is 11.9 Å². The number of carboxylic acid groups (broad SMARTS) is 1. The number of nitrogens with zero attached hydrogens (tertiary/aromatic N) is 1. The second-order valence-corrected chi connectivity index (χ2v) is 8.58. The molecule has 142 valence electrons. The standard InChI is InChI=1S/C17H25NO4S.C2H6/c1-10-11-9-17(5,18(6)15(21)22-16(2,3)4)8-7-12(11)23-13(10)14(19)20;1-2/h7-9H2,1-6H3,(H,19,20);1-2H3. The number of fused-ring (bicyclic) bond motifs is 1. The molecule has 0 saturated heterocycles. The average Bonchev–Trinajstić information content (AvgIpc) is 2.83. The van der Waals surface area contributed by atoms with E-state index in [-0.39, 0.29) is 11.6 Å². The maximum absolute atomic E-state index is 12.4. The Kier molecular flexibility index (Phi) is 6.68. The minimum Gasteiger partial charge on any atom is -0.477 e. The Bertz CT molecular complexity index is 645. The van der Waals surface area contributed by atoms with Gasteiger partial charge >= 0.3 is 12.1 Å². The number of rotatable bonds is 2. The molecule has 25 heavy (non-hydrogen) atoms. The van der Waals surface area contributed by atoms with Crippen molar-refractivity contribution in [3.63, 3.8) is 0 Å². The van der Waals surface area contributed by atoms with E-state index in [0.717, 1.165) is 28.8 Å². The summed E-state index contributed by atoms with van der Waals surface area (Å²) in [6, 6.07) is 0. The zero-order chi connectivity index (χ0) is 19.6. The van der Waals surface area contributed by atoms with Gasteiger partial charge < -0.3 is 14.7 Å². The maximum atomic E-state index is 12.4. The highest BCUT2D eigenvalue weighted by atomic mass is 32.1. The van der Waals surface area contributed by atoms with Gasteiger partial charge in [-0.1, -0.05) is 13.8 Å². The molecule has 0 saturated carbocycles. The summed E-state index contributed by atoms with van der Waals surface area (Å²) >= 11 is 1.37. The van der Waals surface area contributed by atoms with Crippen LogP contribution in [0.1, 0.15) is 73.6 Å². The zero-order valence-corrected chi connectivity index (χ0v) is 17.5. The van der Waals surface area contributed by atoms with Crippen LogP contribution in [0.25, 0.3) is 0 Å². The van der Waals surface area contributed by atoms with Crippen LogP contribution in [-0.4, -0.2) is 40.3 Å². The topological polar surface area (TPSA) is 66.8 Å².